The van der Waals surface area contributed by atoms with E-state index in [1.165, 1.54) is 21.8 Å². The summed E-state index contributed by atoms with van der Waals surface area (Å²) < 4.78 is 0. The van der Waals surface area contributed by atoms with E-state index in [9.17, 15) is 9.59 Å². The molecule has 26 heavy (non-hydrogen) atoms. The molecule has 134 valence electrons. The van der Waals surface area contributed by atoms with Crippen molar-refractivity contribution in [1.82, 2.24) is 4.90 Å². The highest BCUT2D eigenvalue weighted by molar-refractivity contribution is 7.12. The van der Waals surface area contributed by atoms with Crippen molar-refractivity contribution >= 4 is 46.0 Å². The maximum atomic E-state index is 12.4. The van der Waals surface area contributed by atoms with Gasteiger partial charge in [0.05, 0.1) is 11.4 Å². The summed E-state index contributed by atoms with van der Waals surface area (Å²) >= 11 is 3.03. The monoisotopic (exact) mass is 385 g/mol. The number of aryl methyl sites for hydroxylation is 1. The molecule has 3 amide bonds. The maximum Gasteiger partial charge on any atom is 0.321 e. The summed E-state index contributed by atoms with van der Waals surface area (Å²) in [5.74, 6) is -0.159. The van der Waals surface area contributed by atoms with Gasteiger partial charge in [-0.05, 0) is 53.6 Å². The Labute approximate surface area is 160 Å². The Morgan fingerprint density at radius 1 is 1.00 bits per heavy atom. The molecule has 2 heterocycles. The first-order chi connectivity index (χ1) is 12.5. The number of amides is 3. The Hall–Kier alpha value is -2.64. The van der Waals surface area contributed by atoms with Crippen LogP contribution in [0.3, 0.4) is 0 Å². The quantitative estimate of drug-likeness (QED) is 0.647. The van der Waals surface area contributed by atoms with Crippen molar-refractivity contribution in [1.29, 1.82) is 0 Å². The number of carbonyl (C=O) groups excluding carboxylic acids is 2. The number of urea groups is 1. The van der Waals surface area contributed by atoms with Gasteiger partial charge >= 0.3 is 6.03 Å². The van der Waals surface area contributed by atoms with E-state index >= 15 is 0 Å². The summed E-state index contributed by atoms with van der Waals surface area (Å²) in [5.41, 5.74) is 2.46. The van der Waals surface area contributed by atoms with Crippen LogP contribution in [-0.4, -0.2) is 23.9 Å². The molecule has 5 nitrogen and oxygen atoms in total. The third-order valence-electron chi connectivity index (χ3n) is 3.81. The Morgan fingerprint density at radius 3 is 2.42 bits per heavy atom. The molecule has 0 unspecified atom stereocenters. The second-order valence-corrected chi connectivity index (χ2v) is 7.77. The second kappa shape index (κ2) is 8.16. The lowest BCUT2D eigenvalue weighted by Gasteiger charge is -2.18. The molecule has 0 aliphatic heterocycles. The van der Waals surface area contributed by atoms with E-state index in [1.54, 1.807) is 53.6 Å². The third kappa shape index (κ3) is 4.50. The van der Waals surface area contributed by atoms with Crippen LogP contribution in [0.15, 0.2) is 53.2 Å². The van der Waals surface area contributed by atoms with Gasteiger partial charge in [0.2, 0.25) is 0 Å². The molecule has 0 radical (unpaired) electrons. The van der Waals surface area contributed by atoms with E-state index in [-0.39, 0.29) is 11.9 Å². The summed E-state index contributed by atoms with van der Waals surface area (Å²) in [6.07, 6.45) is 0. The van der Waals surface area contributed by atoms with Crippen LogP contribution in [0.25, 0.3) is 0 Å². The van der Waals surface area contributed by atoms with Crippen molar-refractivity contribution < 1.29 is 9.59 Å². The van der Waals surface area contributed by atoms with Gasteiger partial charge in [0.25, 0.3) is 5.91 Å². The number of thiophene rings is 2. The topological polar surface area (TPSA) is 61.4 Å². The van der Waals surface area contributed by atoms with Crippen LogP contribution in [-0.2, 0) is 6.54 Å². The highest BCUT2D eigenvalue weighted by atomic mass is 32.1. The fraction of sp³-hybridized carbons (Fsp3) is 0.158. The number of rotatable bonds is 5. The van der Waals surface area contributed by atoms with Crippen molar-refractivity contribution in [2.24, 2.45) is 0 Å². The molecule has 2 aromatic heterocycles. The molecule has 3 aromatic rings. The maximum absolute atomic E-state index is 12.4. The summed E-state index contributed by atoms with van der Waals surface area (Å²) in [6, 6.07) is 12.6. The number of hydrogen-bond donors (Lipinski definition) is 2. The Kier molecular flexibility index (Phi) is 5.70. The van der Waals surface area contributed by atoms with Crippen LogP contribution >= 0.6 is 22.7 Å². The lowest BCUT2D eigenvalue weighted by Crippen LogP contribution is -2.30. The predicted octanol–water partition coefficient (Wildman–Crippen LogP) is 5.03. The summed E-state index contributed by atoms with van der Waals surface area (Å²) in [6.45, 7) is 2.60. The second-order valence-electron chi connectivity index (χ2n) is 5.83. The number of carbonyl (C=O) groups is 2. The Bertz CT molecular complexity index is 903. The van der Waals surface area contributed by atoms with E-state index < -0.39 is 0 Å². The molecule has 7 heteroatoms. The molecule has 0 bridgehead atoms. The van der Waals surface area contributed by atoms with Crippen LogP contribution in [0.5, 0.6) is 0 Å². The minimum absolute atomic E-state index is 0.159. The molecular formula is C19H19N3O2S2. The number of anilines is 2. The molecular weight excluding hydrogens is 366 g/mol. The predicted molar refractivity (Wildman–Crippen MR) is 108 cm³/mol. The summed E-state index contributed by atoms with van der Waals surface area (Å²) in [4.78, 5) is 28.0. The smallest absolute Gasteiger partial charge is 0.321 e. The molecule has 0 fully saturated rings. The van der Waals surface area contributed by atoms with Crippen LogP contribution in [0, 0.1) is 6.92 Å². The van der Waals surface area contributed by atoms with E-state index in [0.29, 0.717) is 22.8 Å². The zero-order valence-electron chi connectivity index (χ0n) is 14.5. The lowest BCUT2D eigenvalue weighted by molar-refractivity contribution is 0.103. The minimum Gasteiger partial charge on any atom is -0.322 e. The van der Waals surface area contributed by atoms with E-state index in [1.807, 2.05) is 29.8 Å². The van der Waals surface area contributed by atoms with Crippen molar-refractivity contribution in [3.05, 3.63) is 68.5 Å². The Morgan fingerprint density at radius 2 is 1.77 bits per heavy atom. The molecule has 0 aliphatic rings. The van der Waals surface area contributed by atoms with Crippen LogP contribution in [0.1, 0.15) is 20.1 Å². The van der Waals surface area contributed by atoms with Gasteiger partial charge in [-0.25, -0.2) is 4.79 Å². The molecule has 0 saturated heterocycles. The van der Waals surface area contributed by atoms with Gasteiger partial charge in [-0.1, -0.05) is 12.1 Å². The van der Waals surface area contributed by atoms with Gasteiger partial charge in [-0.15, -0.1) is 22.7 Å². The number of nitrogens with zero attached hydrogens (tertiary/aromatic N) is 1. The largest absolute Gasteiger partial charge is 0.322 e. The highest BCUT2D eigenvalue weighted by Gasteiger charge is 2.12. The third-order valence-corrected chi connectivity index (χ3v) is 5.69. The average Bonchev–Trinajstić information content (AvgIpc) is 3.28. The van der Waals surface area contributed by atoms with E-state index in [2.05, 4.69) is 10.6 Å². The van der Waals surface area contributed by atoms with Gasteiger partial charge < -0.3 is 15.5 Å². The first kappa shape index (κ1) is 18.2. The van der Waals surface area contributed by atoms with Crippen LogP contribution in [0.4, 0.5) is 16.2 Å². The van der Waals surface area contributed by atoms with Gasteiger partial charge in [0, 0.05) is 23.3 Å². The molecule has 0 spiro atoms. The fourth-order valence-electron chi connectivity index (χ4n) is 2.35. The number of hydrogen-bond acceptors (Lipinski definition) is 4. The first-order valence-electron chi connectivity index (χ1n) is 8.03. The average molecular weight is 386 g/mol. The highest BCUT2D eigenvalue weighted by Crippen LogP contribution is 2.20. The number of nitrogens with one attached hydrogen (secondary N) is 2. The van der Waals surface area contributed by atoms with Crippen LogP contribution in [0.2, 0.25) is 0 Å². The van der Waals surface area contributed by atoms with Crippen molar-refractivity contribution in [3.8, 4) is 0 Å². The lowest BCUT2D eigenvalue weighted by atomic mass is 10.2. The fourth-order valence-corrected chi connectivity index (χ4v) is 3.92. The van der Waals surface area contributed by atoms with Crippen molar-refractivity contribution in [2.75, 3.05) is 17.7 Å². The minimum atomic E-state index is -0.195. The normalized spacial score (nSPS) is 10.4. The summed E-state index contributed by atoms with van der Waals surface area (Å²) in [7, 11) is 1.76. The summed E-state index contributed by atoms with van der Waals surface area (Å²) in [5, 5.41) is 9.59. The van der Waals surface area contributed by atoms with Gasteiger partial charge in [0.1, 0.15) is 0 Å². The molecule has 0 atom stereocenters. The van der Waals surface area contributed by atoms with Gasteiger partial charge in [-0.2, -0.15) is 0 Å². The molecule has 2 N–H and O–H groups in total. The number of benzene rings is 1. The van der Waals surface area contributed by atoms with Gasteiger partial charge in [0.15, 0.2) is 0 Å². The van der Waals surface area contributed by atoms with Crippen molar-refractivity contribution in [2.45, 2.75) is 13.5 Å². The zero-order valence-corrected chi connectivity index (χ0v) is 16.1. The molecule has 0 saturated carbocycles. The van der Waals surface area contributed by atoms with E-state index in [4.69, 9.17) is 0 Å². The zero-order chi connectivity index (χ0) is 18.5. The standard InChI is InChI=1S/C19H19N3O2S2/c1-13-8-10-26-17(13)12-22(2)19(24)21-15-6-3-5-14(11-15)20-18(23)16-7-4-9-25-16/h3-11H,12H2,1-2H3,(H,20,23)(H,21,24). The molecule has 0 aliphatic carbocycles. The van der Waals surface area contributed by atoms with E-state index in [0.717, 1.165) is 0 Å². The molecule has 3 rings (SSSR count). The van der Waals surface area contributed by atoms with Gasteiger partial charge in [-0.3, -0.25) is 4.79 Å². The Balaban J connectivity index is 1.61. The first-order valence-corrected chi connectivity index (χ1v) is 9.79. The SMILES string of the molecule is Cc1ccsc1CN(C)C(=O)Nc1cccc(NC(=O)c2cccs2)c1. The molecule has 1 aromatic carbocycles. The van der Waals surface area contributed by atoms with Crippen LogP contribution < -0.4 is 10.6 Å². The van der Waals surface area contributed by atoms with Crippen molar-refractivity contribution in [3.63, 3.8) is 0 Å².